The van der Waals surface area contributed by atoms with Crippen LogP contribution in [0, 0.1) is 6.92 Å². The summed E-state index contributed by atoms with van der Waals surface area (Å²) in [6.07, 6.45) is 4.41. The van der Waals surface area contributed by atoms with Crippen molar-refractivity contribution in [1.82, 2.24) is 15.2 Å². The van der Waals surface area contributed by atoms with E-state index in [0.29, 0.717) is 30.5 Å². The number of carbonyl (C=O) groups excluding carboxylic acids is 2. The Morgan fingerprint density at radius 3 is 2.81 bits per heavy atom. The fraction of sp³-hybridized carbons (Fsp3) is 0.276. The summed E-state index contributed by atoms with van der Waals surface area (Å²) in [4.78, 5) is 31.6. The molecule has 5 rings (SSSR count). The maximum atomic E-state index is 13.4. The Hall–Kier alpha value is -4.33. The third-order valence-electron chi connectivity index (χ3n) is 6.38. The highest BCUT2D eigenvalue weighted by molar-refractivity contribution is 5.92. The Labute approximate surface area is 215 Å². The number of rotatable bonds is 8. The minimum atomic E-state index is -0.291. The number of carbonyl (C=O) groups is 2. The van der Waals surface area contributed by atoms with Crippen molar-refractivity contribution in [2.75, 3.05) is 13.1 Å². The van der Waals surface area contributed by atoms with E-state index >= 15 is 0 Å². The van der Waals surface area contributed by atoms with Crippen LogP contribution in [0.4, 0.5) is 0 Å². The average molecular weight is 500 g/mol. The highest BCUT2D eigenvalue weighted by Crippen LogP contribution is 2.38. The number of oxazole rings is 1. The van der Waals surface area contributed by atoms with E-state index in [-0.39, 0.29) is 30.2 Å². The molecule has 0 spiro atoms. The van der Waals surface area contributed by atoms with Crippen molar-refractivity contribution in [3.63, 3.8) is 0 Å². The molecule has 1 N–H and O–H groups in total. The van der Waals surface area contributed by atoms with Gasteiger partial charge in [-0.2, -0.15) is 0 Å². The third kappa shape index (κ3) is 5.28. The molecule has 3 heterocycles. The number of benzene rings is 2. The largest absolute Gasteiger partial charge is 0.484 e. The zero-order valence-corrected chi connectivity index (χ0v) is 20.9. The van der Waals surface area contributed by atoms with Crippen LogP contribution in [-0.2, 0) is 13.0 Å². The van der Waals surface area contributed by atoms with Crippen LogP contribution in [0.15, 0.2) is 76.0 Å². The van der Waals surface area contributed by atoms with Gasteiger partial charge in [-0.05, 0) is 60.7 Å². The zero-order valence-electron chi connectivity index (χ0n) is 20.9. The van der Waals surface area contributed by atoms with Gasteiger partial charge in [-0.3, -0.25) is 9.59 Å². The summed E-state index contributed by atoms with van der Waals surface area (Å²) in [6.45, 7) is 5.25. The summed E-state index contributed by atoms with van der Waals surface area (Å²) in [5, 5.41) is 2.78. The molecule has 4 aromatic rings. The van der Waals surface area contributed by atoms with Crippen molar-refractivity contribution in [3.8, 4) is 5.75 Å². The van der Waals surface area contributed by atoms with E-state index in [4.69, 9.17) is 13.6 Å². The lowest BCUT2D eigenvalue weighted by atomic mass is 9.87. The molecule has 0 bridgehead atoms. The van der Waals surface area contributed by atoms with Gasteiger partial charge in [0.25, 0.3) is 11.8 Å². The first kappa shape index (κ1) is 24.4. The summed E-state index contributed by atoms with van der Waals surface area (Å²) in [6, 6.07) is 17.2. The van der Waals surface area contributed by atoms with Gasteiger partial charge in [0.1, 0.15) is 12.0 Å². The van der Waals surface area contributed by atoms with Gasteiger partial charge in [-0.25, -0.2) is 4.98 Å². The van der Waals surface area contributed by atoms with Crippen molar-refractivity contribution < 1.29 is 23.2 Å². The second-order valence-corrected chi connectivity index (χ2v) is 9.07. The summed E-state index contributed by atoms with van der Waals surface area (Å²) < 4.78 is 16.9. The molecular weight excluding hydrogens is 470 g/mol. The smallest absolute Gasteiger partial charge is 0.290 e. The highest BCUT2D eigenvalue weighted by Gasteiger charge is 2.34. The molecule has 0 saturated heterocycles. The number of nitrogens with one attached hydrogen (secondary N) is 1. The third-order valence-corrected chi connectivity index (χ3v) is 6.38. The number of aromatic nitrogens is 1. The van der Waals surface area contributed by atoms with E-state index in [1.807, 2.05) is 55.1 Å². The van der Waals surface area contributed by atoms with Crippen LogP contribution in [0.25, 0.3) is 0 Å². The van der Waals surface area contributed by atoms with Gasteiger partial charge >= 0.3 is 0 Å². The molecule has 0 aliphatic carbocycles. The van der Waals surface area contributed by atoms with E-state index in [1.165, 1.54) is 12.5 Å². The maximum absolute atomic E-state index is 13.4. The predicted molar refractivity (Wildman–Crippen MR) is 136 cm³/mol. The summed E-state index contributed by atoms with van der Waals surface area (Å²) in [7, 11) is 0. The molecule has 1 aliphatic heterocycles. The molecule has 1 unspecified atom stereocenters. The molecule has 2 amide bonds. The number of ether oxygens (including phenoxy) is 1. The molecule has 37 heavy (non-hydrogen) atoms. The SMILES string of the molecule is CCCNC(=O)c1coc(COc2ccc3c(c2)C(c2cccc(C)c2)N(C(=O)c2ccco2)CC3)n1. The number of hydrogen-bond donors (Lipinski definition) is 1. The van der Waals surface area contributed by atoms with E-state index in [9.17, 15) is 9.59 Å². The Kier molecular flexibility index (Phi) is 7.07. The van der Waals surface area contributed by atoms with Gasteiger partial charge in [-0.15, -0.1) is 0 Å². The summed E-state index contributed by atoms with van der Waals surface area (Å²) >= 11 is 0. The van der Waals surface area contributed by atoms with Crippen LogP contribution >= 0.6 is 0 Å². The Morgan fingerprint density at radius 1 is 1.14 bits per heavy atom. The molecule has 0 radical (unpaired) electrons. The minimum Gasteiger partial charge on any atom is -0.484 e. The summed E-state index contributed by atoms with van der Waals surface area (Å²) in [5.41, 5.74) is 4.53. The number of amides is 2. The fourth-order valence-corrected chi connectivity index (χ4v) is 4.60. The van der Waals surface area contributed by atoms with E-state index in [0.717, 1.165) is 35.1 Å². The first-order valence-electron chi connectivity index (χ1n) is 12.4. The first-order valence-corrected chi connectivity index (χ1v) is 12.4. The Balaban J connectivity index is 1.41. The molecular formula is C29H29N3O5. The highest BCUT2D eigenvalue weighted by atomic mass is 16.5. The average Bonchev–Trinajstić information content (AvgIpc) is 3.62. The molecule has 0 fully saturated rings. The lowest BCUT2D eigenvalue weighted by Crippen LogP contribution is -2.40. The van der Waals surface area contributed by atoms with Gasteiger partial charge in [0.2, 0.25) is 5.89 Å². The van der Waals surface area contributed by atoms with Crippen LogP contribution in [0.5, 0.6) is 5.75 Å². The van der Waals surface area contributed by atoms with Crippen molar-refractivity contribution >= 4 is 11.8 Å². The van der Waals surface area contributed by atoms with Gasteiger partial charge in [0.15, 0.2) is 18.1 Å². The maximum Gasteiger partial charge on any atom is 0.290 e. The van der Waals surface area contributed by atoms with Crippen molar-refractivity contribution in [1.29, 1.82) is 0 Å². The van der Waals surface area contributed by atoms with Crippen LogP contribution in [0.3, 0.4) is 0 Å². The number of fused-ring (bicyclic) bond motifs is 1. The van der Waals surface area contributed by atoms with Crippen molar-refractivity contribution in [2.24, 2.45) is 0 Å². The lowest BCUT2D eigenvalue weighted by molar-refractivity contribution is 0.0661. The molecule has 190 valence electrons. The number of furan rings is 1. The minimum absolute atomic E-state index is 0.0734. The van der Waals surface area contributed by atoms with Crippen LogP contribution < -0.4 is 10.1 Å². The zero-order chi connectivity index (χ0) is 25.8. The van der Waals surface area contributed by atoms with Gasteiger partial charge in [-0.1, -0.05) is 42.8 Å². The van der Waals surface area contributed by atoms with Gasteiger partial charge in [0, 0.05) is 13.1 Å². The molecule has 2 aromatic carbocycles. The van der Waals surface area contributed by atoms with E-state index < -0.39 is 0 Å². The van der Waals surface area contributed by atoms with Crippen LogP contribution in [0.2, 0.25) is 0 Å². The summed E-state index contributed by atoms with van der Waals surface area (Å²) in [5.74, 6) is 0.828. The van der Waals surface area contributed by atoms with Crippen LogP contribution in [0.1, 0.15) is 68.6 Å². The topological polar surface area (TPSA) is 97.8 Å². The van der Waals surface area contributed by atoms with Gasteiger partial charge < -0.3 is 23.8 Å². The first-order chi connectivity index (χ1) is 18.0. The van der Waals surface area contributed by atoms with Crippen molar-refractivity contribution in [2.45, 2.75) is 39.3 Å². The standard InChI is InChI=1S/C29H29N3O5/c1-3-12-30-28(33)24-17-37-26(31-24)18-36-22-10-9-20-11-13-32(29(34)25-8-5-14-35-25)27(23(20)16-22)21-7-4-6-19(2)15-21/h4-10,14-17,27H,3,11-13,18H2,1-2H3,(H,30,33). The predicted octanol–water partition coefficient (Wildman–Crippen LogP) is 5.08. The fourth-order valence-electron chi connectivity index (χ4n) is 4.60. The van der Waals surface area contributed by atoms with E-state index in [1.54, 1.807) is 12.1 Å². The van der Waals surface area contributed by atoms with E-state index in [2.05, 4.69) is 16.4 Å². The quantitative estimate of drug-likeness (QED) is 0.363. The molecule has 8 nitrogen and oxygen atoms in total. The monoisotopic (exact) mass is 499 g/mol. The molecule has 8 heteroatoms. The number of aryl methyl sites for hydroxylation is 1. The van der Waals surface area contributed by atoms with Gasteiger partial charge in [0.05, 0.1) is 12.3 Å². The number of nitrogens with zero attached hydrogens (tertiary/aromatic N) is 2. The Bertz CT molecular complexity index is 1390. The molecule has 2 aromatic heterocycles. The van der Waals surface area contributed by atoms with Crippen molar-refractivity contribution in [3.05, 3.63) is 107 Å². The second-order valence-electron chi connectivity index (χ2n) is 9.07. The number of hydrogen-bond acceptors (Lipinski definition) is 6. The van der Waals surface area contributed by atoms with Crippen LogP contribution in [-0.4, -0.2) is 34.8 Å². The second kappa shape index (κ2) is 10.7. The molecule has 1 atom stereocenters. The normalized spacial score (nSPS) is 14.8. The molecule has 0 saturated carbocycles. The lowest BCUT2D eigenvalue weighted by Gasteiger charge is -2.37. The Morgan fingerprint density at radius 2 is 2.03 bits per heavy atom. The molecule has 1 aliphatic rings.